The highest BCUT2D eigenvalue weighted by Gasteiger charge is 2.48. The molecule has 10 aromatic rings. The normalized spacial score (nSPS) is 14.3. The summed E-state index contributed by atoms with van der Waals surface area (Å²) in [6, 6.07) is 21.6. The van der Waals surface area contributed by atoms with E-state index < -0.39 is 0 Å². The number of fused-ring (bicyclic) bond motifs is 7. The van der Waals surface area contributed by atoms with Crippen LogP contribution >= 0.6 is 68.8 Å². The van der Waals surface area contributed by atoms with Crippen molar-refractivity contribution in [3.8, 4) is 52.0 Å². The molecule has 0 radical (unpaired) electrons. The van der Waals surface area contributed by atoms with E-state index in [0.29, 0.717) is 11.8 Å². The minimum absolute atomic E-state index is 0.126. The summed E-state index contributed by atoms with van der Waals surface area (Å²) < 4.78 is 21.9. The highest BCUT2D eigenvalue weighted by molar-refractivity contribution is 7.26. The number of unbranched alkanes of at least 4 members (excludes halogenated alkanes) is 2. The first-order valence-corrected chi connectivity index (χ1v) is 27.0. The summed E-state index contributed by atoms with van der Waals surface area (Å²) in [4.78, 5) is 25.4. The van der Waals surface area contributed by atoms with Crippen molar-refractivity contribution in [2.75, 3.05) is 0 Å². The topological polar surface area (TPSA) is 103 Å². The maximum atomic E-state index is 5.12. The molecule has 1 aliphatic rings. The van der Waals surface area contributed by atoms with Crippen molar-refractivity contribution < 1.29 is 0 Å². The van der Waals surface area contributed by atoms with Crippen LogP contribution in [0.4, 0.5) is 0 Å². The number of para-hydroxylation sites is 2. The second-order valence-electron chi connectivity index (χ2n) is 17.0. The van der Waals surface area contributed by atoms with Crippen LogP contribution in [-0.4, -0.2) is 37.4 Å². The Balaban J connectivity index is 1.08. The van der Waals surface area contributed by atoms with Gasteiger partial charge in [-0.05, 0) is 72.2 Å². The molecule has 0 N–H and O–H groups in total. The lowest BCUT2D eigenvalue weighted by atomic mass is 9.65. The van der Waals surface area contributed by atoms with E-state index in [1.807, 2.05) is 47.2 Å². The summed E-state index contributed by atoms with van der Waals surface area (Å²) in [7, 11) is 0. The van der Waals surface area contributed by atoms with Gasteiger partial charge in [0.15, 0.2) is 0 Å². The van der Waals surface area contributed by atoms with E-state index in [1.54, 1.807) is 22.7 Å². The van der Waals surface area contributed by atoms with Crippen molar-refractivity contribution >= 4 is 111 Å². The molecule has 63 heavy (non-hydrogen) atoms. The summed E-state index contributed by atoms with van der Waals surface area (Å²) >= 11 is 9.67. The number of hydrogen-bond donors (Lipinski definition) is 0. The van der Waals surface area contributed by atoms with E-state index in [-0.39, 0.29) is 5.41 Å². The molecule has 2 atom stereocenters. The van der Waals surface area contributed by atoms with Crippen molar-refractivity contribution in [3.05, 3.63) is 84.2 Å². The third kappa shape index (κ3) is 7.16. The first-order valence-electron chi connectivity index (χ1n) is 22.2. The van der Waals surface area contributed by atoms with Gasteiger partial charge >= 0.3 is 0 Å². The lowest BCUT2D eigenvalue weighted by Crippen LogP contribution is -2.31. The maximum Gasteiger partial charge on any atom is 0.145 e. The predicted molar refractivity (Wildman–Crippen MR) is 270 cm³/mol. The third-order valence-corrected chi connectivity index (χ3v) is 18.8. The molecule has 0 saturated carbocycles. The van der Waals surface area contributed by atoms with Gasteiger partial charge in [-0.25, -0.2) is 9.97 Å². The van der Waals surface area contributed by atoms with E-state index in [1.165, 1.54) is 105 Å². The molecule has 0 fully saturated rings. The highest BCUT2D eigenvalue weighted by atomic mass is 32.1. The number of benzene rings is 2. The monoisotopic (exact) mass is 938 g/mol. The molecule has 8 nitrogen and oxygen atoms in total. The fraction of sp³-hybridized carbons (Fsp3) is 0.347. The van der Waals surface area contributed by atoms with Gasteiger partial charge in [-0.2, -0.15) is 17.5 Å². The van der Waals surface area contributed by atoms with Gasteiger partial charge in [-0.1, -0.05) is 103 Å². The molecular weight excluding hydrogens is 893 g/mol. The van der Waals surface area contributed by atoms with Crippen LogP contribution in [0.5, 0.6) is 0 Å². The molecule has 318 valence electrons. The molecule has 2 unspecified atom stereocenters. The van der Waals surface area contributed by atoms with E-state index in [4.69, 9.17) is 37.4 Å². The SMILES string of the molecule is CCCCC(CC)CC1(CC(CC)CCCC)c2cc(-c3cnc(-c4nc5ccccc5s4)c4nsnc34)sc2-c2sc(-c3cnc(-c4nc5ccccc5s4)c4nsnc34)cc21. The standard InChI is InChI=1S/C49H46N8S6/c1-5-9-15-27(7-3)23-49(24-28(8-4)16-10-6-2)31-21-37(29-25-50-43(41-39(29)54-62-56-41)47-52-33-17-11-13-19-35(33)60-47)58-45(31)46-32(49)22-38(59-46)30-26-51-44(42-40(30)55-63-57-42)48-53-34-18-12-14-20-36(34)61-48/h11-14,17-22,25-28H,5-10,15-16,23-24H2,1-4H3. The van der Waals surface area contributed by atoms with Crippen molar-refractivity contribution in [1.82, 2.24) is 37.4 Å². The Morgan fingerprint density at radius 2 is 0.984 bits per heavy atom. The second-order valence-corrected chi connectivity index (χ2v) is 22.2. The van der Waals surface area contributed by atoms with Gasteiger partial charge in [0.1, 0.15) is 43.5 Å². The van der Waals surface area contributed by atoms with Gasteiger partial charge in [0.25, 0.3) is 0 Å². The zero-order valence-corrected chi connectivity index (χ0v) is 40.6. The molecule has 0 spiro atoms. The van der Waals surface area contributed by atoms with Crippen LogP contribution in [0.2, 0.25) is 0 Å². The van der Waals surface area contributed by atoms with Gasteiger partial charge in [-0.3, -0.25) is 9.97 Å². The zero-order valence-electron chi connectivity index (χ0n) is 35.7. The van der Waals surface area contributed by atoms with Gasteiger partial charge in [0.05, 0.1) is 43.9 Å². The average molecular weight is 939 g/mol. The second kappa shape index (κ2) is 17.2. The summed E-state index contributed by atoms with van der Waals surface area (Å²) in [5.74, 6) is 1.24. The molecule has 1 aliphatic carbocycles. The highest BCUT2D eigenvalue weighted by Crippen LogP contribution is 2.63. The molecule has 11 rings (SSSR count). The quantitative estimate of drug-likeness (QED) is 0.0944. The average Bonchev–Trinajstić information content (AvgIpc) is 4.17. The van der Waals surface area contributed by atoms with Crippen LogP contribution < -0.4 is 0 Å². The van der Waals surface area contributed by atoms with Gasteiger partial charge in [-0.15, -0.1) is 45.3 Å². The first kappa shape index (κ1) is 41.3. The predicted octanol–water partition coefficient (Wildman–Crippen LogP) is 16.0. The van der Waals surface area contributed by atoms with E-state index in [0.717, 1.165) is 87.9 Å². The van der Waals surface area contributed by atoms with Crippen LogP contribution in [0.3, 0.4) is 0 Å². The molecule has 14 heteroatoms. The molecule has 8 heterocycles. The molecule has 0 aliphatic heterocycles. The molecular formula is C49H46N8S6. The maximum absolute atomic E-state index is 5.12. The zero-order chi connectivity index (χ0) is 42.7. The van der Waals surface area contributed by atoms with E-state index in [9.17, 15) is 0 Å². The molecule has 0 bridgehead atoms. The number of thiazole rings is 2. The lowest BCUT2D eigenvalue weighted by Gasteiger charge is -2.37. The Labute approximate surface area is 391 Å². The molecule has 2 aromatic carbocycles. The fourth-order valence-electron chi connectivity index (χ4n) is 9.80. The fourth-order valence-corrected chi connectivity index (χ4v) is 15.5. The summed E-state index contributed by atoms with van der Waals surface area (Å²) in [5, 5.41) is 1.76. The van der Waals surface area contributed by atoms with Crippen LogP contribution in [-0.2, 0) is 5.41 Å². The summed E-state index contributed by atoms with van der Waals surface area (Å²) in [5.41, 5.74) is 12.0. The Morgan fingerprint density at radius 3 is 1.41 bits per heavy atom. The lowest BCUT2D eigenvalue weighted by molar-refractivity contribution is 0.266. The van der Waals surface area contributed by atoms with Crippen LogP contribution in [0.25, 0.3) is 94.5 Å². The van der Waals surface area contributed by atoms with Gasteiger partial charge < -0.3 is 0 Å². The smallest absolute Gasteiger partial charge is 0.145 e. The van der Waals surface area contributed by atoms with Crippen molar-refractivity contribution in [2.45, 2.75) is 97.3 Å². The summed E-state index contributed by atoms with van der Waals surface area (Å²) in [6.07, 6.45) is 16.2. The number of rotatable bonds is 16. The Hall–Kier alpha value is -4.44. The number of aromatic nitrogens is 8. The van der Waals surface area contributed by atoms with Crippen LogP contribution in [0.15, 0.2) is 73.1 Å². The van der Waals surface area contributed by atoms with Crippen molar-refractivity contribution in [1.29, 1.82) is 0 Å². The number of thiophene rings is 2. The Morgan fingerprint density at radius 1 is 0.540 bits per heavy atom. The first-order chi connectivity index (χ1) is 31.0. The van der Waals surface area contributed by atoms with E-state index in [2.05, 4.69) is 76.2 Å². The largest absolute Gasteiger partial charge is 0.251 e. The molecule has 0 saturated heterocycles. The Kier molecular flexibility index (Phi) is 11.2. The van der Waals surface area contributed by atoms with Gasteiger partial charge in [0, 0.05) is 48.4 Å². The third-order valence-electron chi connectivity index (χ3n) is 13.2. The van der Waals surface area contributed by atoms with Crippen molar-refractivity contribution in [3.63, 3.8) is 0 Å². The minimum Gasteiger partial charge on any atom is -0.251 e. The molecule has 0 amide bonds. The Bertz CT molecular complexity index is 2970. The summed E-state index contributed by atoms with van der Waals surface area (Å²) in [6.45, 7) is 9.48. The number of hydrogen-bond acceptors (Lipinski definition) is 14. The van der Waals surface area contributed by atoms with E-state index >= 15 is 0 Å². The van der Waals surface area contributed by atoms with Crippen LogP contribution in [0.1, 0.15) is 103 Å². The van der Waals surface area contributed by atoms with Crippen molar-refractivity contribution in [2.24, 2.45) is 11.8 Å². The number of nitrogens with zero attached hydrogens (tertiary/aromatic N) is 8. The molecule has 8 aromatic heterocycles. The van der Waals surface area contributed by atoms with Crippen LogP contribution in [0, 0.1) is 11.8 Å². The minimum atomic E-state index is -0.126. The van der Waals surface area contributed by atoms with Gasteiger partial charge in [0.2, 0.25) is 0 Å². The number of pyridine rings is 2.